The zero-order chi connectivity index (χ0) is 23.1. The van der Waals surface area contributed by atoms with E-state index in [1.165, 1.54) is 17.0 Å². The van der Waals surface area contributed by atoms with E-state index in [9.17, 15) is 18.8 Å². The van der Waals surface area contributed by atoms with Crippen LogP contribution in [-0.2, 0) is 21.0 Å². The summed E-state index contributed by atoms with van der Waals surface area (Å²) in [5.74, 6) is -2.07. The van der Waals surface area contributed by atoms with E-state index in [1.807, 2.05) is 0 Å². The Balaban J connectivity index is 1.45. The standard InChI is InChI=1S/C25H26FN3O4/c26-18-12-10-16(11-13-18)21-20-22(25(32)29(24(20)31)19-4-2-1-3-5-19)33-28(21)14-15-6-8-17(9-7-15)23(27)30/h6-13,19-22H,1-5,14H2,(H2,27,30). The van der Waals surface area contributed by atoms with Crippen LogP contribution in [0, 0.1) is 11.7 Å². The first-order valence-electron chi connectivity index (χ1n) is 11.4. The number of primary amides is 1. The van der Waals surface area contributed by atoms with Crippen molar-refractivity contribution in [2.24, 2.45) is 11.7 Å². The van der Waals surface area contributed by atoms with Crippen LogP contribution in [0.25, 0.3) is 0 Å². The molecule has 0 aromatic heterocycles. The summed E-state index contributed by atoms with van der Waals surface area (Å²) in [5.41, 5.74) is 7.25. The van der Waals surface area contributed by atoms with Gasteiger partial charge in [-0.25, -0.2) is 4.39 Å². The molecule has 7 nitrogen and oxygen atoms in total. The molecule has 8 heteroatoms. The van der Waals surface area contributed by atoms with Gasteiger partial charge in [-0.3, -0.25) is 24.1 Å². The topological polar surface area (TPSA) is 92.9 Å². The Morgan fingerprint density at radius 3 is 2.27 bits per heavy atom. The zero-order valence-electron chi connectivity index (χ0n) is 18.2. The lowest BCUT2D eigenvalue weighted by atomic mass is 9.90. The van der Waals surface area contributed by atoms with Gasteiger partial charge < -0.3 is 5.73 Å². The molecule has 2 heterocycles. The molecule has 3 fully saturated rings. The molecule has 2 aliphatic heterocycles. The smallest absolute Gasteiger partial charge is 0.261 e. The first-order chi connectivity index (χ1) is 15.9. The van der Waals surface area contributed by atoms with E-state index in [4.69, 9.17) is 10.6 Å². The number of imide groups is 1. The van der Waals surface area contributed by atoms with Crippen LogP contribution in [-0.4, -0.2) is 39.8 Å². The SMILES string of the molecule is NC(=O)c1ccc(CN2OC3C(=O)N(C4CCCCC4)C(=O)C3C2c2ccc(F)cc2)cc1. The Morgan fingerprint density at radius 1 is 0.970 bits per heavy atom. The Labute approximate surface area is 191 Å². The van der Waals surface area contributed by atoms with Gasteiger partial charge >= 0.3 is 0 Å². The molecule has 2 N–H and O–H groups in total. The van der Waals surface area contributed by atoms with E-state index in [1.54, 1.807) is 41.5 Å². The number of hydrogen-bond acceptors (Lipinski definition) is 5. The molecule has 3 unspecified atom stereocenters. The molecule has 0 radical (unpaired) electrons. The molecular formula is C25H26FN3O4. The molecule has 3 aliphatic rings. The van der Waals surface area contributed by atoms with Crippen molar-refractivity contribution in [3.63, 3.8) is 0 Å². The van der Waals surface area contributed by atoms with Crippen LogP contribution in [0.1, 0.15) is 59.6 Å². The van der Waals surface area contributed by atoms with Gasteiger partial charge in [0.1, 0.15) is 5.82 Å². The number of nitrogens with zero attached hydrogens (tertiary/aromatic N) is 2. The minimum atomic E-state index is -0.889. The summed E-state index contributed by atoms with van der Waals surface area (Å²) in [7, 11) is 0. The molecule has 0 spiro atoms. The second-order valence-corrected chi connectivity index (χ2v) is 9.02. The Kier molecular flexibility index (Phi) is 5.72. The van der Waals surface area contributed by atoms with Gasteiger partial charge in [-0.1, -0.05) is 43.5 Å². The normalized spacial score (nSPS) is 26.1. The van der Waals surface area contributed by atoms with Crippen LogP contribution >= 0.6 is 0 Å². The number of nitrogens with two attached hydrogens (primary N) is 1. The van der Waals surface area contributed by atoms with Gasteiger partial charge in [-0.15, -0.1) is 0 Å². The Bertz CT molecular complexity index is 1070. The number of hydrogen-bond donors (Lipinski definition) is 1. The third-order valence-electron chi connectivity index (χ3n) is 6.96. The lowest BCUT2D eigenvalue weighted by Crippen LogP contribution is -2.44. The molecule has 2 aromatic rings. The van der Waals surface area contributed by atoms with Crippen LogP contribution < -0.4 is 5.73 Å². The average molecular weight is 451 g/mol. The maximum Gasteiger partial charge on any atom is 0.261 e. The van der Waals surface area contributed by atoms with Crippen molar-refractivity contribution >= 4 is 17.7 Å². The number of likely N-dealkylation sites (tertiary alicyclic amines) is 1. The largest absolute Gasteiger partial charge is 0.366 e. The highest BCUT2D eigenvalue weighted by Gasteiger charge is 2.60. The molecule has 2 saturated heterocycles. The summed E-state index contributed by atoms with van der Waals surface area (Å²) in [4.78, 5) is 45.7. The average Bonchev–Trinajstić information content (AvgIpc) is 3.30. The zero-order valence-corrected chi connectivity index (χ0v) is 18.2. The minimum Gasteiger partial charge on any atom is -0.366 e. The van der Waals surface area contributed by atoms with Crippen molar-refractivity contribution in [2.75, 3.05) is 0 Å². The van der Waals surface area contributed by atoms with E-state index in [2.05, 4.69) is 0 Å². The molecule has 3 amide bonds. The maximum absolute atomic E-state index is 13.6. The summed E-state index contributed by atoms with van der Waals surface area (Å²) in [6.07, 6.45) is 3.90. The third kappa shape index (κ3) is 3.94. The van der Waals surface area contributed by atoms with E-state index < -0.39 is 24.0 Å². The summed E-state index contributed by atoms with van der Waals surface area (Å²) >= 11 is 0. The van der Waals surface area contributed by atoms with Crippen molar-refractivity contribution in [1.82, 2.24) is 9.96 Å². The van der Waals surface area contributed by atoms with Gasteiger partial charge in [0, 0.05) is 18.2 Å². The Morgan fingerprint density at radius 2 is 1.64 bits per heavy atom. The van der Waals surface area contributed by atoms with Crippen LogP contribution in [0.2, 0.25) is 0 Å². The van der Waals surface area contributed by atoms with Gasteiger partial charge in [0.2, 0.25) is 11.8 Å². The van der Waals surface area contributed by atoms with Crippen molar-refractivity contribution in [3.05, 3.63) is 71.0 Å². The predicted octanol–water partition coefficient (Wildman–Crippen LogP) is 3.10. The number of carbonyl (C=O) groups excluding carboxylic acids is 3. The van der Waals surface area contributed by atoms with E-state index in [0.29, 0.717) is 11.1 Å². The quantitative estimate of drug-likeness (QED) is 0.706. The molecule has 2 aromatic carbocycles. The third-order valence-corrected chi connectivity index (χ3v) is 6.96. The molecule has 1 saturated carbocycles. The fourth-order valence-electron chi connectivity index (χ4n) is 5.31. The summed E-state index contributed by atoms with van der Waals surface area (Å²) in [6, 6.07) is 12.1. The van der Waals surface area contributed by atoms with Crippen LogP contribution in [0.5, 0.6) is 0 Å². The summed E-state index contributed by atoms with van der Waals surface area (Å²) < 4.78 is 13.6. The first-order valence-corrected chi connectivity index (χ1v) is 11.4. The van der Waals surface area contributed by atoms with E-state index in [0.717, 1.165) is 37.7 Å². The Hall–Kier alpha value is -3.10. The van der Waals surface area contributed by atoms with Crippen LogP contribution in [0.4, 0.5) is 4.39 Å². The number of carbonyl (C=O) groups is 3. The summed E-state index contributed by atoms with van der Waals surface area (Å²) in [6.45, 7) is 0.290. The highest BCUT2D eigenvalue weighted by Crippen LogP contribution is 2.46. The fraction of sp³-hybridized carbons (Fsp3) is 0.400. The van der Waals surface area contributed by atoms with Crippen molar-refractivity contribution in [2.45, 2.75) is 56.8 Å². The van der Waals surface area contributed by atoms with E-state index in [-0.39, 0.29) is 30.2 Å². The van der Waals surface area contributed by atoms with Crippen LogP contribution in [0.15, 0.2) is 48.5 Å². The van der Waals surface area contributed by atoms with Crippen molar-refractivity contribution in [3.8, 4) is 0 Å². The second-order valence-electron chi connectivity index (χ2n) is 9.02. The number of hydroxylamine groups is 2. The summed E-state index contributed by atoms with van der Waals surface area (Å²) in [5, 5.41) is 1.63. The van der Waals surface area contributed by atoms with Gasteiger partial charge in [0.15, 0.2) is 6.10 Å². The number of rotatable bonds is 5. The molecule has 0 bridgehead atoms. The monoisotopic (exact) mass is 451 g/mol. The second kappa shape index (κ2) is 8.68. The number of fused-ring (bicyclic) bond motifs is 1. The minimum absolute atomic E-state index is 0.0726. The van der Waals surface area contributed by atoms with Crippen molar-refractivity contribution < 1.29 is 23.6 Å². The number of amides is 3. The van der Waals surface area contributed by atoms with E-state index >= 15 is 0 Å². The molecular weight excluding hydrogens is 425 g/mol. The molecule has 172 valence electrons. The van der Waals surface area contributed by atoms with Crippen molar-refractivity contribution in [1.29, 1.82) is 0 Å². The van der Waals surface area contributed by atoms with Gasteiger partial charge in [-0.05, 0) is 48.2 Å². The van der Waals surface area contributed by atoms with Gasteiger partial charge in [-0.2, -0.15) is 5.06 Å². The maximum atomic E-state index is 13.6. The van der Waals surface area contributed by atoms with Gasteiger partial charge in [0.25, 0.3) is 5.91 Å². The fourth-order valence-corrected chi connectivity index (χ4v) is 5.31. The number of halogens is 1. The van der Waals surface area contributed by atoms with Gasteiger partial charge in [0.05, 0.1) is 12.0 Å². The highest BCUT2D eigenvalue weighted by molar-refractivity contribution is 6.07. The highest BCUT2D eigenvalue weighted by atomic mass is 19.1. The lowest BCUT2D eigenvalue weighted by Gasteiger charge is -2.32. The lowest BCUT2D eigenvalue weighted by molar-refractivity contribution is -0.185. The first kappa shape index (κ1) is 21.7. The molecule has 33 heavy (non-hydrogen) atoms. The predicted molar refractivity (Wildman–Crippen MR) is 117 cm³/mol. The van der Waals surface area contributed by atoms with Crippen LogP contribution in [0.3, 0.4) is 0 Å². The molecule has 1 aliphatic carbocycles. The number of benzene rings is 2. The molecule has 3 atom stereocenters. The molecule has 5 rings (SSSR count).